The zero-order valence-electron chi connectivity index (χ0n) is 7.17. The summed E-state index contributed by atoms with van der Waals surface area (Å²) in [7, 11) is 0. The highest BCUT2D eigenvalue weighted by Crippen LogP contribution is 2.18. The zero-order valence-corrected chi connectivity index (χ0v) is 8.68. The molecule has 1 heterocycles. The molecule has 0 spiro atoms. The fourth-order valence-corrected chi connectivity index (χ4v) is 1.31. The summed E-state index contributed by atoms with van der Waals surface area (Å²) >= 11 is 11.4. The van der Waals surface area contributed by atoms with Crippen LogP contribution in [-0.4, -0.2) is 21.9 Å². The summed E-state index contributed by atoms with van der Waals surface area (Å²) in [5.41, 5.74) is 0.822. The van der Waals surface area contributed by atoms with Crippen molar-refractivity contribution in [3.63, 3.8) is 0 Å². The molecule has 0 saturated carbocycles. The number of hydrogen-bond acceptors (Lipinski definition) is 3. The molecular weight excluding hydrogens is 211 g/mol. The summed E-state index contributed by atoms with van der Waals surface area (Å²) in [4.78, 5) is 0. The lowest BCUT2D eigenvalue weighted by Gasteiger charge is -2.07. The van der Waals surface area contributed by atoms with Crippen LogP contribution in [0, 0.1) is 5.92 Å². The number of nitrogens with zero attached hydrogens (tertiary/aromatic N) is 2. The van der Waals surface area contributed by atoms with Crippen molar-refractivity contribution in [2.75, 3.05) is 6.61 Å². The van der Waals surface area contributed by atoms with Crippen LogP contribution in [-0.2, 0) is 6.42 Å². The molecule has 0 saturated heterocycles. The van der Waals surface area contributed by atoms with E-state index in [1.807, 2.05) is 6.92 Å². The van der Waals surface area contributed by atoms with E-state index in [1.165, 1.54) is 0 Å². The molecule has 1 atom stereocenters. The van der Waals surface area contributed by atoms with Gasteiger partial charge in [-0.05, 0) is 24.0 Å². The highest BCUT2D eigenvalue weighted by molar-refractivity contribution is 6.31. The summed E-state index contributed by atoms with van der Waals surface area (Å²) < 4.78 is 0. The molecule has 1 rings (SSSR count). The summed E-state index contributed by atoms with van der Waals surface area (Å²) in [6.45, 7) is 2.04. The van der Waals surface area contributed by atoms with Crippen molar-refractivity contribution < 1.29 is 5.11 Å². The van der Waals surface area contributed by atoms with Gasteiger partial charge in [-0.25, -0.2) is 0 Å². The van der Waals surface area contributed by atoms with E-state index in [0.717, 1.165) is 5.56 Å². The van der Waals surface area contributed by atoms with Gasteiger partial charge in [0, 0.05) is 6.61 Å². The van der Waals surface area contributed by atoms with Crippen molar-refractivity contribution in [2.24, 2.45) is 5.92 Å². The number of rotatable bonds is 3. The maximum atomic E-state index is 8.84. The molecule has 13 heavy (non-hydrogen) atoms. The van der Waals surface area contributed by atoms with E-state index in [9.17, 15) is 0 Å². The lowest BCUT2D eigenvalue weighted by molar-refractivity contribution is 0.237. The number of aliphatic hydroxyl groups is 1. The first-order valence-electron chi connectivity index (χ1n) is 3.92. The summed E-state index contributed by atoms with van der Waals surface area (Å²) in [5.74, 6) is 0.151. The first kappa shape index (κ1) is 10.7. The zero-order chi connectivity index (χ0) is 9.84. The molecular formula is C8H10Cl2N2O. The second-order valence-electron chi connectivity index (χ2n) is 2.97. The molecule has 1 unspecified atom stereocenters. The molecule has 0 aliphatic heterocycles. The minimum absolute atomic E-state index is 0.121. The van der Waals surface area contributed by atoms with Crippen LogP contribution in [0.25, 0.3) is 0 Å². The summed E-state index contributed by atoms with van der Waals surface area (Å²) in [5, 5.41) is 16.8. The Labute approximate surface area is 86.7 Å². The molecule has 0 aromatic carbocycles. The van der Waals surface area contributed by atoms with Gasteiger partial charge in [-0.2, -0.15) is 0 Å². The molecule has 0 bridgehead atoms. The molecule has 1 N–H and O–H groups in total. The Hall–Kier alpha value is -0.380. The van der Waals surface area contributed by atoms with Gasteiger partial charge in [0.1, 0.15) is 0 Å². The van der Waals surface area contributed by atoms with Crippen LogP contribution in [0.5, 0.6) is 0 Å². The average molecular weight is 221 g/mol. The Morgan fingerprint density at radius 2 is 2.15 bits per heavy atom. The first-order chi connectivity index (χ1) is 6.13. The van der Waals surface area contributed by atoms with Gasteiger partial charge in [0.2, 0.25) is 0 Å². The normalized spacial score (nSPS) is 12.9. The molecule has 0 radical (unpaired) electrons. The van der Waals surface area contributed by atoms with Crippen molar-refractivity contribution in [2.45, 2.75) is 13.3 Å². The number of hydrogen-bond donors (Lipinski definition) is 1. The highest BCUT2D eigenvalue weighted by Gasteiger charge is 2.08. The van der Waals surface area contributed by atoms with Gasteiger partial charge in [0.15, 0.2) is 10.3 Å². The van der Waals surface area contributed by atoms with Crippen LogP contribution in [0.15, 0.2) is 6.07 Å². The highest BCUT2D eigenvalue weighted by atomic mass is 35.5. The standard InChI is InChI=1S/C8H10Cl2N2O/c1-5(4-13)2-6-3-7(9)11-12-8(6)10/h3,5,13H,2,4H2,1H3. The minimum atomic E-state index is 0.121. The van der Waals surface area contributed by atoms with E-state index < -0.39 is 0 Å². The Kier molecular flexibility index (Phi) is 3.90. The van der Waals surface area contributed by atoms with Crippen molar-refractivity contribution in [3.8, 4) is 0 Å². The molecule has 0 aliphatic carbocycles. The van der Waals surface area contributed by atoms with Gasteiger partial charge in [-0.15, -0.1) is 10.2 Å². The molecule has 72 valence electrons. The van der Waals surface area contributed by atoms with E-state index in [-0.39, 0.29) is 12.5 Å². The molecule has 1 aromatic rings. The van der Waals surface area contributed by atoms with Crippen LogP contribution in [0.3, 0.4) is 0 Å². The van der Waals surface area contributed by atoms with E-state index in [1.54, 1.807) is 6.07 Å². The maximum absolute atomic E-state index is 8.84. The monoisotopic (exact) mass is 220 g/mol. The fraction of sp³-hybridized carbons (Fsp3) is 0.500. The van der Waals surface area contributed by atoms with E-state index >= 15 is 0 Å². The van der Waals surface area contributed by atoms with Crippen molar-refractivity contribution in [1.29, 1.82) is 0 Å². The van der Waals surface area contributed by atoms with Crippen LogP contribution in [0.2, 0.25) is 10.3 Å². The van der Waals surface area contributed by atoms with Gasteiger partial charge in [-0.3, -0.25) is 0 Å². The summed E-state index contributed by atoms with van der Waals surface area (Å²) in [6, 6.07) is 1.67. The van der Waals surface area contributed by atoms with E-state index in [2.05, 4.69) is 10.2 Å². The van der Waals surface area contributed by atoms with Gasteiger partial charge in [-0.1, -0.05) is 30.1 Å². The molecule has 0 amide bonds. The van der Waals surface area contributed by atoms with Crippen LogP contribution in [0.1, 0.15) is 12.5 Å². The van der Waals surface area contributed by atoms with Gasteiger partial charge in [0.25, 0.3) is 0 Å². The third-order valence-corrected chi connectivity index (χ3v) is 2.17. The fourth-order valence-electron chi connectivity index (χ4n) is 0.971. The number of halogens is 2. The molecule has 0 fully saturated rings. The topological polar surface area (TPSA) is 46.0 Å². The van der Waals surface area contributed by atoms with Crippen molar-refractivity contribution in [3.05, 3.63) is 21.9 Å². The quantitative estimate of drug-likeness (QED) is 0.848. The summed E-state index contributed by atoms with van der Waals surface area (Å²) in [6.07, 6.45) is 0.657. The van der Waals surface area contributed by atoms with Crippen molar-refractivity contribution in [1.82, 2.24) is 10.2 Å². The smallest absolute Gasteiger partial charge is 0.155 e. The van der Waals surface area contributed by atoms with E-state index in [4.69, 9.17) is 28.3 Å². The van der Waals surface area contributed by atoms with Crippen LogP contribution >= 0.6 is 23.2 Å². The number of aromatic nitrogens is 2. The second-order valence-corrected chi connectivity index (χ2v) is 3.72. The minimum Gasteiger partial charge on any atom is -0.396 e. The number of aliphatic hydroxyl groups excluding tert-OH is 1. The first-order valence-corrected chi connectivity index (χ1v) is 4.67. The Bertz CT molecular complexity index is 293. The van der Waals surface area contributed by atoms with Gasteiger partial charge >= 0.3 is 0 Å². The molecule has 3 nitrogen and oxygen atoms in total. The van der Waals surface area contributed by atoms with Gasteiger partial charge in [0.05, 0.1) is 0 Å². The largest absolute Gasteiger partial charge is 0.396 e. The SMILES string of the molecule is CC(CO)Cc1cc(Cl)nnc1Cl. The third-order valence-electron chi connectivity index (χ3n) is 1.67. The van der Waals surface area contributed by atoms with Crippen LogP contribution in [0.4, 0.5) is 0 Å². The Morgan fingerprint density at radius 1 is 1.46 bits per heavy atom. The molecule has 0 aliphatic rings. The molecule has 5 heteroatoms. The Balaban J connectivity index is 2.81. The molecule has 1 aromatic heterocycles. The second kappa shape index (κ2) is 4.74. The third kappa shape index (κ3) is 3.10. The Morgan fingerprint density at radius 3 is 2.77 bits per heavy atom. The van der Waals surface area contributed by atoms with Crippen molar-refractivity contribution >= 4 is 23.2 Å². The predicted molar refractivity (Wildman–Crippen MR) is 52.0 cm³/mol. The van der Waals surface area contributed by atoms with E-state index in [0.29, 0.717) is 16.7 Å². The lowest BCUT2D eigenvalue weighted by Crippen LogP contribution is -2.06. The van der Waals surface area contributed by atoms with Gasteiger partial charge < -0.3 is 5.11 Å². The average Bonchev–Trinajstić information content (AvgIpc) is 2.11. The maximum Gasteiger partial charge on any atom is 0.155 e. The predicted octanol–water partition coefficient (Wildman–Crippen LogP) is 1.95. The lowest BCUT2D eigenvalue weighted by atomic mass is 10.0. The van der Waals surface area contributed by atoms with Crippen LogP contribution < -0.4 is 0 Å².